The molecular weight excluding hydrogens is 272 g/mol. The average molecular weight is 294 g/mol. The fourth-order valence-electron chi connectivity index (χ4n) is 1.59. The molecule has 0 saturated carbocycles. The number of carboxylic acids is 1. The van der Waals surface area contributed by atoms with Gasteiger partial charge in [-0.2, -0.15) is 0 Å². The van der Waals surface area contributed by atoms with Crippen LogP contribution in [0, 0.1) is 0 Å². The number of nitrogens with one attached hydrogen (secondary N) is 2. The summed E-state index contributed by atoms with van der Waals surface area (Å²) >= 11 is 0. The number of hydrogen-bond donors (Lipinski definition) is 3. The zero-order chi connectivity index (χ0) is 16.0. The summed E-state index contributed by atoms with van der Waals surface area (Å²) in [5.74, 6) is -0.940. The van der Waals surface area contributed by atoms with E-state index in [0.717, 1.165) is 5.56 Å². The van der Waals surface area contributed by atoms with Gasteiger partial charge in [0.1, 0.15) is 11.6 Å². The summed E-state index contributed by atoms with van der Waals surface area (Å²) in [6, 6.07) is 6.49. The topological polar surface area (TPSA) is 87.7 Å². The Kier molecular flexibility index (Phi) is 5.58. The van der Waals surface area contributed by atoms with Gasteiger partial charge >= 0.3 is 12.1 Å². The second kappa shape index (κ2) is 6.97. The van der Waals surface area contributed by atoms with E-state index in [2.05, 4.69) is 10.6 Å². The van der Waals surface area contributed by atoms with Gasteiger partial charge in [-0.3, -0.25) is 4.79 Å². The van der Waals surface area contributed by atoms with Crippen molar-refractivity contribution in [2.75, 3.05) is 5.32 Å². The lowest BCUT2D eigenvalue weighted by atomic mass is 10.1. The SMILES string of the molecule is CC(Nc1ccccc1CNC(=O)OC(C)(C)C)C(=O)O. The molecule has 116 valence electrons. The number of hydrogen-bond acceptors (Lipinski definition) is 4. The Morgan fingerprint density at radius 3 is 2.48 bits per heavy atom. The normalized spacial score (nSPS) is 12.4. The smallest absolute Gasteiger partial charge is 0.407 e. The molecule has 0 heterocycles. The van der Waals surface area contributed by atoms with Crippen molar-refractivity contribution < 1.29 is 19.4 Å². The number of alkyl carbamates (subject to hydrolysis) is 1. The van der Waals surface area contributed by atoms with Crippen molar-refractivity contribution in [2.24, 2.45) is 0 Å². The predicted octanol–water partition coefficient (Wildman–Crippen LogP) is 2.60. The molecule has 0 aliphatic rings. The monoisotopic (exact) mass is 294 g/mol. The molecule has 0 spiro atoms. The number of rotatable bonds is 5. The molecule has 1 aromatic carbocycles. The number of carbonyl (C=O) groups excluding carboxylic acids is 1. The molecule has 21 heavy (non-hydrogen) atoms. The zero-order valence-corrected chi connectivity index (χ0v) is 12.8. The van der Waals surface area contributed by atoms with Gasteiger partial charge < -0.3 is 20.5 Å². The van der Waals surface area contributed by atoms with Crippen LogP contribution in [0.15, 0.2) is 24.3 Å². The molecule has 0 aliphatic carbocycles. The van der Waals surface area contributed by atoms with E-state index < -0.39 is 23.7 Å². The summed E-state index contributed by atoms with van der Waals surface area (Å²) < 4.78 is 5.15. The molecule has 1 rings (SSSR count). The van der Waals surface area contributed by atoms with E-state index in [-0.39, 0.29) is 6.54 Å². The van der Waals surface area contributed by atoms with Gasteiger partial charge in [0.15, 0.2) is 0 Å². The van der Waals surface area contributed by atoms with E-state index in [9.17, 15) is 9.59 Å². The summed E-state index contributed by atoms with van der Waals surface area (Å²) in [5, 5.41) is 14.5. The van der Waals surface area contributed by atoms with Crippen molar-refractivity contribution in [3.05, 3.63) is 29.8 Å². The van der Waals surface area contributed by atoms with E-state index >= 15 is 0 Å². The number of carboxylic acid groups (broad SMARTS) is 1. The molecule has 6 nitrogen and oxygen atoms in total. The first kappa shape index (κ1) is 16.8. The van der Waals surface area contributed by atoms with Crippen LogP contribution >= 0.6 is 0 Å². The molecule has 1 atom stereocenters. The van der Waals surface area contributed by atoms with Gasteiger partial charge in [0.05, 0.1) is 0 Å². The number of para-hydroxylation sites is 1. The van der Waals surface area contributed by atoms with Gasteiger partial charge in [0.2, 0.25) is 0 Å². The Morgan fingerprint density at radius 1 is 1.29 bits per heavy atom. The minimum Gasteiger partial charge on any atom is -0.480 e. The minimum absolute atomic E-state index is 0.254. The molecule has 1 unspecified atom stereocenters. The predicted molar refractivity (Wildman–Crippen MR) is 80.2 cm³/mol. The Bertz CT molecular complexity index is 509. The van der Waals surface area contributed by atoms with Crippen molar-refractivity contribution >= 4 is 17.7 Å². The van der Waals surface area contributed by atoms with E-state index in [4.69, 9.17) is 9.84 Å². The summed E-state index contributed by atoms with van der Waals surface area (Å²) in [5.41, 5.74) is 0.902. The number of amides is 1. The van der Waals surface area contributed by atoms with E-state index in [1.165, 1.54) is 0 Å². The lowest BCUT2D eigenvalue weighted by Crippen LogP contribution is -2.32. The fraction of sp³-hybridized carbons (Fsp3) is 0.467. The highest BCUT2D eigenvalue weighted by Crippen LogP contribution is 2.16. The molecule has 1 amide bonds. The number of anilines is 1. The molecule has 0 fully saturated rings. The van der Waals surface area contributed by atoms with Crippen LogP contribution in [-0.2, 0) is 16.1 Å². The van der Waals surface area contributed by atoms with Crippen molar-refractivity contribution in [3.63, 3.8) is 0 Å². The first-order valence-corrected chi connectivity index (χ1v) is 6.73. The maximum absolute atomic E-state index is 11.6. The average Bonchev–Trinajstić information content (AvgIpc) is 2.35. The third-order valence-electron chi connectivity index (χ3n) is 2.58. The first-order chi connectivity index (χ1) is 9.69. The van der Waals surface area contributed by atoms with Crippen molar-refractivity contribution in [1.29, 1.82) is 0 Å². The second-order valence-electron chi connectivity index (χ2n) is 5.72. The molecule has 0 saturated heterocycles. The van der Waals surface area contributed by atoms with Gasteiger partial charge in [-0.05, 0) is 39.3 Å². The molecular formula is C15H22N2O4. The summed E-state index contributed by atoms with van der Waals surface area (Å²) in [4.78, 5) is 22.5. The van der Waals surface area contributed by atoms with Crippen LogP contribution in [0.25, 0.3) is 0 Å². The Labute approximate surface area is 124 Å². The maximum atomic E-state index is 11.6. The van der Waals surface area contributed by atoms with Crippen molar-refractivity contribution in [2.45, 2.75) is 45.9 Å². The van der Waals surface area contributed by atoms with Crippen LogP contribution in [0.4, 0.5) is 10.5 Å². The summed E-state index contributed by atoms with van der Waals surface area (Å²) in [6.45, 7) is 7.18. The van der Waals surface area contributed by atoms with Crippen LogP contribution in [0.2, 0.25) is 0 Å². The standard InChI is InChI=1S/C15H22N2O4/c1-10(13(18)19)17-12-8-6-5-7-11(12)9-16-14(20)21-15(2,3)4/h5-8,10,17H,9H2,1-4H3,(H,16,20)(H,18,19). The number of benzene rings is 1. The number of carbonyl (C=O) groups is 2. The molecule has 0 aliphatic heterocycles. The molecule has 6 heteroatoms. The van der Waals surface area contributed by atoms with Gasteiger partial charge in [0.25, 0.3) is 0 Å². The summed E-state index contributed by atoms with van der Waals surface area (Å²) in [6.07, 6.45) is -0.511. The van der Waals surface area contributed by atoms with Crippen molar-refractivity contribution in [3.8, 4) is 0 Å². The van der Waals surface area contributed by atoms with E-state index in [1.807, 2.05) is 12.1 Å². The highest BCUT2D eigenvalue weighted by atomic mass is 16.6. The van der Waals surface area contributed by atoms with E-state index in [0.29, 0.717) is 5.69 Å². The highest BCUT2D eigenvalue weighted by Gasteiger charge is 2.16. The first-order valence-electron chi connectivity index (χ1n) is 6.73. The molecule has 0 radical (unpaired) electrons. The third kappa shape index (κ3) is 6.16. The summed E-state index contributed by atoms with van der Waals surface area (Å²) in [7, 11) is 0. The van der Waals surface area contributed by atoms with Gasteiger partial charge in [-0.1, -0.05) is 18.2 Å². The highest BCUT2D eigenvalue weighted by molar-refractivity contribution is 5.77. The Hall–Kier alpha value is -2.24. The van der Waals surface area contributed by atoms with Crippen LogP contribution in [0.1, 0.15) is 33.3 Å². The maximum Gasteiger partial charge on any atom is 0.407 e. The number of ether oxygens (including phenoxy) is 1. The second-order valence-corrected chi connectivity index (χ2v) is 5.72. The van der Waals surface area contributed by atoms with Gasteiger partial charge in [-0.25, -0.2) is 4.79 Å². The van der Waals surface area contributed by atoms with Crippen LogP contribution in [-0.4, -0.2) is 28.8 Å². The van der Waals surface area contributed by atoms with E-state index in [1.54, 1.807) is 39.8 Å². The van der Waals surface area contributed by atoms with Gasteiger partial charge in [0, 0.05) is 12.2 Å². The number of aliphatic carboxylic acids is 1. The molecule has 3 N–H and O–H groups in total. The Morgan fingerprint density at radius 2 is 1.90 bits per heavy atom. The lowest BCUT2D eigenvalue weighted by molar-refractivity contribution is -0.137. The largest absolute Gasteiger partial charge is 0.480 e. The molecule has 1 aromatic rings. The quantitative estimate of drug-likeness (QED) is 0.777. The Balaban J connectivity index is 2.67. The fourth-order valence-corrected chi connectivity index (χ4v) is 1.59. The molecule has 0 bridgehead atoms. The van der Waals surface area contributed by atoms with Crippen LogP contribution in [0.3, 0.4) is 0 Å². The zero-order valence-electron chi connectivity index (χ0n) is 12.8. The van der Waals surface area contributed by atoms with Crippen LogP contribution < -0.4 is 10.6 Å². The lowest BCUT2D eigenvalue weighted by Gasteiger charge is -2.20. The van der Waals surface area contributed by atoms with Crippen molar-refractivity contribution in [1.82, 2.24) is 5.32 Å². The molecule has 0 aromatic heterocycles. The third-order valence-corrected chi connectivity index (χ3v) is 2.58. The van der Waals surface area contributed by atoms with Crippen LogP contribution in [0.5, 0.6) is 0 Å². The van der Waals surface area contributed by atoms with Gasteiger partial charge in [-0.15, -0.1) is 0 Å². The minimum atomic E-state index is -0.940.